The number of para-hydroxylation sites is 1. The molecule has 1 aromatic carbocycles. The second-order valence-electron chi connectivity index (χ2n) is 3.89. The summed E-state index contributed by atoms with van der Waals surface area (Å²) in [5.41, 5.74) is 6.48. The molecule has 1 aliphatic rings. The molecule has 1 fully saturated rings. The maximum Gasteiger partial charge on any atom is 0.214 e. The highest BCUT2D eigenvalue weighted by Gasteiger charge is 2.28. The van der Waals surface area contributed by atoms with Crippen LogP contribution in [0.5, 0.6) is 0 Å². The van der Waals surface area contributed by atoms with Crippen LogP contribution in [0.15, 0.2) is 28.3 Å². The average molecular weight is 268 g/mol. The number of nitrogens with zero attached hydrogens (tertiary/aromatic N) is 4. The van der Waals surface area contributed by atoms with E-state index < -0.39 is 0 Å². The first-order valence-electron chi connectivity index (χ1n) is 5.25. The van der Waals surface area contributed by atoms with E-state index in [0.717, 1.165) is 22.9 Å². The number of rotatable bonds is 3. The standard InChI is InChI=1S/C10H10ClN5S/c11-7-2-1-3-8(9(7)12)17-10-13-14-15-16(10)6-4-5-6/h1-3,6H,4-5,12H2. The number of benzene rings is 1. The molecule has 1 heterocycles. The molecule has 0 spiro atoms. The van der Waals surface area contributed by atoms with Crippen molar-refractivity contribution in [2.24, 2.45) is 0 Å². The van der Waals surface area contributed by atoms with Crippen molar-refractivity contribution in [2.45, 2.75) is 28.9 Å². The zero-order valence-corrected chi connectivity index (χ0v) is 10.4. The molecule has 0 aliphatic heterocycles. The van der Waals surface area contributed by atoms with Gasteiger partial charge in [-0.15, -0.1) is 5.10 Å². The van der Waals surface area contributed by atoms with Crippen molar-refractivity contribution in [1.82, 2.24) is 20.2 Å². The maximum atomic E-state index is 5.97. The highest BCUT2D eigenvalue weighted by Crippen LogP contribution is 2.40. The lowest BCUT2D eigenvalue weighted by Gasteiger charge is -2.06. The minimum Gasteiger partial charge on any atom is -0.397 e. The van der Waals surface area contributed by atoms with Gasteiger partial charge in [0.25, 0.3) is 0 Å². The second-order valence-corrected chi connectivity index (χ2v) is 5.31. The van der Waals surface area contributed by atoms with E-state index in [4.69, 9.17) is 17.3 Å². The van der Waals surface area contributed by atoms with Crippen LogP contribution in [-0.2, 0) is 0 Å². The molecule has 0 saturated heterocycles. The number of tetrazole rings is 1. The van der Waals surface area contributed by atoms with Gasteiger partial charge >= 0.3 is 0 Å². The van der Waals surface area contributed by atoms with Crippen LogP contribution in [0.25, 0.3) is 0 Å². The van der Waals surface area contributed by atoms with E-state index in [1.165, 1.54) is 11.8 Å². The predicted molar refractivity (Wildman–Crippen MR) is 66.1 cm³/mol. The minimum absolute atomic E-state index is 0.452. The molecule has 17 heavy (non-hydrogen) atoms. The number of anilines is 1. The van der Waals surface area contributed by atoms with E-state index in [-0.39, 0.29) is 0 Å². The van der Waals surface area contributed by atoms with E-state index in [9.17, 15) is 0 Å². The number of aromatic nitrogens is 4. The molecule has 7 heteroatoms. The zero-order valence-electron chi connectivity index (χ0n) is 8.88. The summed E-state index contributed by atoms with van der Waals surface area (Å²) in [4.78, 5) is 0.884. The third kappa shape index (κ3) is 2.10. The topological polar surface area (TPSA) is 69.6 Å². The van der Waals surface area contributed by atoms with Gasteiger partial charge in [0.2, 0.25) is 5.16 Å². The highest BCUT2D eigenvalue weighted by molar-refractivity contribution is 7.99. The fraction of sp³-hybridized carbons (Fsp3) is 0.300. The van der Waals surface area contributed by atoms with Crippen LogP contribution in [-0.4, -0.2) is 20.2 Å². The summed E-state index contributed by atoms with van der Waals surface area (Å²) >= 11 is 7.42. The largest absolute Gasteiger partial charge is 0.397 e. The van der Waals surface area contributed by atoms with Crippen molar-refractivity contribution in [3.05, 3.63) is 23.2 Å². The van der Waals surface area contributed by atoms with E-state index in [1.807, 2.05) is 16.8 Å². The molecule has 0 atom stereocenters. The van der Waals surface area contributed by atoms with Crippen LogP contribution >= 0.6 is 23.4 Å². The SMILES string of the molecule is Nc1c(Cl)cccc1Sc1nnnn1C1CC1. The summed E-state index contributed by atoms with van der Waals surface area (Å²) in [7, 11) is 0. The normalized spacial score (nSPS) is 15.1. The molecular weight excluding hydrogens is 258 g/mol. The van der Waals surface area contributed by atoms with Gasteiger partial charge in [-0.2, -0.15) is 0 Å². The van der Waals surface area contributed by atoms with Crippen LogP contribution in [0.2, 0.25) is 5.02 Å². The molecule has 88 valence electrons. The molecule has 5 nitrogen and oxygen atoms in total. The predicted octanol–water partition coefficient (Wildman–Crippen LogP) is 2.39. The van der Waals surface area contributed by atoms with Gasteiger partial charge in [0.05, 0.1) is 16.8 Å². The Balaban J connectivity index is 1.91. The Morgan fingerprint density at radius 2 is 2.24 bits per heavy atom. The van der Waals surface area contributed by atoms with Crippen LogP contribution < -0.4 is 5.73 Å². The third-order valence-electron chi connectivity index (χ3n) is 2.57. The second kappa shape index (κ2) is 4.19. The van der Waals surface area contributed by atoms with E-state index >= 15 is 0 Å². The van der Waals surface area contributed by atoms with Gasteiger partial charge in [0.15, 0.2) is 0 Å². The first kappa shape index (κ1) is 10.9. The van der Waals surface area contributed by atoms with Crippen LogP contribution in [0.3, 0.4) is 0 Å². The van der Waals surface area contributed by atoms with Gasteiger partial charge in [0, 0.05) is 4.90 Å². The number of nitrogen functional groups attached to an aromatic ring is 1. The summed E-state index contributed by atoms with van der Waals surface area (Å²) in [6, 6.07) is 6.00. The van der Waals surface area contributed by atoms with Gasteiger partial charge in [-0.05, 0) is 47.2 Å². The molecule has 3 rings (SSSR count). The number of halogens is 1. The monoisotopic (exact) mass is 267 g/mol. The maximum absolute atomic E-state index is 5.97. The summed E-state index contributed by atoms with van der Waals surface area (Å²) < 4.78 is 1.85. The highest BCUT2D eigenvalue weighted by atomic mass is 35.5. The summed E-state index contributed by atoms with van der Waals surface area (Å²) in [6.45, 7) is 0. The fourth-order valence-corrected chi connectivity index (χ4v) is 2.66. The molecule has 2 N–H and O–H groups in total. The van der Waals surface area contributed by atoms with Crippen molar-refractivity contribution in [3.63, 3.8) is 0 Å². The molecule has 0 bridgehead atoms. The Kier molecular flexibility index (Phi) is 2.68. The Labute approximate surface area is 107 Å². The van der Waals surface area contributed by atoms with E-state index in [0.29, 0.717) is 16.8 Å². The summed E-state index contributed by atoms with van der Waals surface area (Å²) in [5.74, 6) is 0. The number of hydrogen-bond donors (Lipinski definition) is 1. The quantitative estimate of drug-likeness (QED) is 0.865. The molecule has 1 aromatic heterocycles. The number of nitrogens with two attached hydrogens (primary N) is 1. The first-order valence-corrected chi connectivity index (χ1v) is 6.45. The smallest absolute Gasteiger partial charge is 0.214 e. The van der Waals surface area contributed by atoms with Gasteiger partial charge < -0.3 is 5.73 Å². The lowest BCUT2D eigenvalue weighted by atomic mass is 10.3. The van der Waals surface area contributed by atoms with Crippen molar-refractivity contribution in [3.8, 4) is 0 Å². The Hall–Kier alpha value is -1.27. The van der Waals surface area contributed by atoms with Gasteiger partial charge in [-0.1, -0.05) is 17.7 Å². The molecule has 0 amide bonds. The van der Waals surface area contributed by atoms with Crippen LogP contribution in [0, 0.1) is 0 Å². The number of hydrogen-bond acceptors (Lipinski definition) is 5. The molecule has 0 unspecified atom stereocenters. The molecule has 2 aromatic rings. The van der Waals surface area contributed by atoms with Crippen molar-refractivity contribution < 1.29 is 0 Å². The van der Waals surface area contributed by atoms with Crippen molar-refractivity contribution in [2.75, 3.05) is 5.73 Å². The summed E-state index contributed by atoms with van der Waals surface area (Å²) in [6.07, 6.45) is 2.28. The van der Waals surface area contributed by atoms with Crippen LogP contribution in [0.4, 0.5) is 5.69 Å². The Bertz CT molecular complexity index is 551. The molecule has 1 aliphatic carbocycles. The molecule has 1 saturated carbocycles. The van der Waals surface area contributed by atoms with Crippen molar-refractivity contribution >= 4 is 29.1 Å². The third-order valence-corrected chi connectivity index (χ3v) is 3.93. The van der Waals surface area contributed by atoms with E-state index in [2.05, 4.69) is 15.5 Å². The molecule has 0 radical (unpaired) electrons. The minimum atomic E-state index is 0.452. The zero-order chi connectivity index (χ0) is 11.8. The Morgan fingerprint density at radius 3 is 3.00 bits per heavy atom. The van der Waals surface area contributed by atoms with E-state index in [1.54, 1.807) is 6.07 Å². The fourth-order valence-electron chi connectivity index (χ4n) is 1.51. The van der Waals surface area contributed by atoms with Gasteiger partial charge in [0.1, 0.15) is 0 Å². The Morgan fingerprint density at radius 1 is 1.41 bits per heavy atom. The lowest BCUT2D eigenvalue weighted by molar-refractivity contribution is 0.565. The lowest BCUT2D eigenvalue weighted by Crippen LogP contribution is -1.99. The first-order chi connectivity index (χ1) is 8.25. The van der Waals surface area contributed by atoms with Gasteiger partial charge in [-0.3, -0.25) is 0 Å². The van der Waals surface area contributed by atoms with Gasteiger partial charge in [-0.25, -0.2) is 4.68 Å². The van der Waals surface area contributed by atoms with Crippen LogP contribution in [0.1, 0.15) is 18.9 Å². The average Bonchev–Trinajstić information content (AvgIpc) is 3.06. The van der Waals surface area contributed by atoms with Crippen molar-refractivity contribution in [1.29, 1.82) is 0 Å². The molecular formula is C10H10ClN5S. The summed E-state index contributed by atoms with van der Waals surface area (Å²) in [5, 5.41) is 13.0.